The van der Waals surface area contributed by atoms with Crippen molar-refractivity contribution in [3.05, 3.63) is 35.4 Å². The minimum Gasteiger partial charge on any atom is -0.449 e. The van der Waals surface area contributed by atoms with E-state index in [-0.39, 0.29) is 6.09 Å². The zero-order valence-electron chi connectivity index (χ0n) is 11.2. The largest absolute Gasteiger partial charge is 0.449 e. The van der Waals surface area contributed by atoms with Crippen LogP contribution < -0.4 is 0 Å². The third-order valence-corrected chi connectivity index (χ3v) is 3.06. The highest BCUT2D eigenvalue weighted by Gasteiger charge is 2.19. The number of carbonyl (C=O) groups is 1. The van der Waals surface area contributed by atoms with Gasteiger partial charge in [-0.15, -0.1) is 0 Å². The molecule has 1 fully saturated rings. The normalized spacial score (nSPS) is 15.9. The maximum Gasteiger partial charge on any atom is 0.410 e. The van der Waals surface area contributed by atoms with Crippen molar-refractivity contribution in [2.75, 3.05) is 13.2 Å². The smallest absolute Gasteiger partial charge is 0.410 e. The van der Waals surface area contributed by atoms with Crippen molar-refractivity contribution in [2.45, 2.75) is 33.2 Å². The molecule has 3 heteroatoms. The number of hydrogen-bond donors (Lipinski definition) is 0. The summed E-state index contributed by atoms with van der Waals surface area (Å²) >= 11 is 0. The van der Waals surface area contributed by atoms with Gasteiger partial charge in [-0.25, -0.2) is 4.79 Å². The van der Waals surface area contributed by atoms with Gasteiger partial charge in [0.1, 0.15) is 0 Å². The van der Waals surface area contributed by atoms with Crippen molar-refractivity contribution in [3.8, 4) is 0 Å². The third-order valence-electron chi connectivity index (χ3n) is 3.06. The van der Waals surface area contributed by atoms with Gasteiger partial charge in [0.2, 0.25) is 0 Å². The molecule has 2 rings (SSSR count). The lowest BCUT2D eigenvalue weighted by Crippen LogP contribution is -2.37. The molecule has 1 amide bonds. The van der Waals surface area contributed by atoms with E-state index in [2.05, 4.69) is 38.1 Å². The van der Waals surface area contributed by atoms with Crippen LogP contribution in [0.15, 0.2) is 24.3 Å². The first-order valence-electron chi connectivity index (χ1n) is 6.64. The van der Waals surface area contributed by atoms with Gasteiger partial charge in [-0.3, -0.25) is 0 Å². The molecular formula is C15H21NO2. The van der Waals surface area contributed by atoms with Gasteiger partial charge in [0.15, 0.2) is 0 Å². The molecular weight excluding hydrogens is 226 g/mol. The predicted octanol–water partition coefficient (Wildman–Crippen LogP) is 3.23. The number of ether oxygens (including phenoxy) is 1. The van der Waals surface area contributed by atoms with Crippen LogP contribution in [0.2, 0.25) is 0 Å². The lowest BCUT2D eigenvalue weighted by Gasteiger charge is -2.26. The molecule has 1 aromatic carbocycles. The number of benzene rings is 1. The summed E-state index contributed by atoms with van der Waals surface area (Å²) in [6, 6.07) is 8.49. The monoisotopic (exact) mass is 247 g/mol. The number of nitrogens with zero attached hydrogens (tertiary/aromatic N) is 1. The van der Waals surface area contributed by atoms with Crippen molar-refractivity contribution in [3.63, 3.8) is 0 Å². The molecule has 3 nitrogen and oxygen atoms in total. The molecule has 1 aromatic rings. The van der Waals surface area contributed by atoms with Gasteiger partial charge in [-0.05, 0) is 29.9 Å². The van der Waals surface area contributed by atoms with Crippen molar-refractivity contribution in [1.29, 1.82) is 0 Å². The van der Waals surface area contributed by atoms with E-state index in [1.54, 1.807) is 4.90 Å². The van der Waals surface area contributed by atoms with Crippen LogP contribution in [0, 0.1) is 5.92 Å². The highest BCUT2D eigenvalue weighted by atomic mass is 16.6. The number of hydrogen-bond acceptors (Lipinski definition) is 2. The number of amides is 1. The van der Waals surface area contributed by atoms with Crippen molar-refractivity contribution < 1.29 is 9.53 Å². The highest BCUT2D eigenvalue weighted by Crippen LogP contribution is 2.14. The Morgan fingerprint density at radius 1 is 1.33 bits per heavy atom. The summed E-state index contributed by atoms with van der Waals surface area (Å²) in [5, 5.41) is 0. The average molecular weight is 247 g/mol. The van der Waals surface area contributed by atoms with E-state index >= 15 is 0 Å². The quantitative estimate of drug-likeness (QED) is 0.817. The molecule has 18 heavy (non-hydrogen) atoms. The molecule has 1 aliphatic heterocycles. The Morgan fingerprint density at radius 2 is 2.11 bits per heavy atom. The second kappa shape index (κ2) is 5.89. The maximum absolute atomic E-state index is 11.6. The topological polar surface area (TPSA) is 29.5 Å². The molecule has 1 saturated heterocycles. The number of cyclic esters (lactones) is 1. The van der Waals surface area contributed by atoms with Crippen LogP contribution in [0.25, 0.3) is 0 Å². The van der Waals surface area contributed by atoms with Gasteiger partial charge in [0.05, 0.1) is 6.61 Å². The van der Waals surface area contributed by atoms with E-state index in [1.165, 1.54) is 11.1 Å². The first kappa shape index (κ1) is 12.9. The summed E-state index contributed by atoms with van der Waals surface area (Å²) in [5.74, 6) is 0.653. The van der Waals surface area contributed by atoms with E-state index in [9.17, 15) is 4.79 Å². The Balaban J connectivity index is 2.02. The zero-order valence-corrected chi connectivity index (χ0v) is 11.2. The first-order chi connectivity index (χ1) is 8.65. The maximum atomic E-state index is 11.6. The molecule has 0 bridgehead atoms. The number of rotatable bonds is 4. The van der Waals surface area contributed by atoms with Crippen LogP contribution in [0.3, 0.4) is 0 Å². The molecule has 1 aliphatic rings. The molecule has 0 saturated carbocycles. The molecule has 0 aromatic heterocycles. The summed E-state index contributed by atoms with van der Waals surface area (Å²) in [5.41, 5.74) is 2.53. The third kappa shape index (κ3) is 3.49. The Bertz CT molecular complexity index is 415. The van der Waals surface area contributed by atoms with Crippen LogP contribution in [0.4, 0.5) is 4.79 Å². The van der Waals surface area contributed by atoms with E-state index in [0.29, 0.717) is 19.1 Å². The first-order valence-corrected chi connectivity index (χ1v) is 6.64. The van der Waals surface area contributed by atoms with Crippen molar-refractivity contribution in [1.82, 2.24) is 4.90 Å². The SMILES string of the molecule is CC(C)Cc1cccc(CN2CCCOC2=O)c1. The Kier molecular flexibility index (Phi) is 4.24. The highest BCUT2D eigenvalue weighted by molar-refractivity contribution is 5.68. The van der Waals surface area contributed by atoms with E-state index < -0.39 is 0 Å². The van der Waals surface area contributed by atoms with Gasteiger partial charge >= 0.3 is 6.09 Å². The molecule has 0 atom stereocenters. The fourth-order valence-corrected chi connectivity index (χ4v) is 2.29. The fourth-order valence-electron chi connectivity index (χ4n) is 2.29. The average Bonchev–Trinajstić information content (AvgIpc) is 2.32. The molecule has 0 spiro atoms. The van der Waals surface area contributed by atoms with Gasteiger partial charge in [0.25, 0.3) is 0 Å². The van der Waals surface area contributed by atoms with Gasteiger partial charge < -0.3 is 9.64 Å². The molecule has 0 radical (unpaired) electrons. The van der Waals surface area contributed by atoms with Crippen LogP contribution in [0.1, 0.15) is 31.4 Å². The van der Waals surface area contributed by atoms with Crippen LogP contribution in [-0.4, -0.2) is 24.1 Å². The summed E-state index contributed by atoms with van der Waals surface area (Å²) < 4.78 is 5.04. The molecule has 0 aliphatic carbocycles. The minimum absolute atomic E-state index is 0.185. The Labute approximate surface area is 109 Å². The Hall–Kier alpha value is -1.51. The Morgan fingerprint density at radius 3 is 2.83 bits per heavy atom. The fraction of sp³-hybridized carbons (Fsp3) is 0.533. The van der Waals surface area contributed by atoms with Gasteiger partial charge in [-0.2, -0.15) is 0 Å². The summed E-state index contributed by atoms with van der Waals surface area (Å²) in [6.45, 7) is 6.45. The predicted molar refractivity (Wildman–Crippen MR) is 71.4 cm³/mol. The van der Waals surface area contributed by atoms with E-state index in [0.717, 1.165) is 19.4 Å². The summed E-state index contributed by atoms with van der Waals surface area (Å²) in [6.07, 6.45) is 1.82. The number of carbonyl (C=O) groups excluding carboxylic acids is 1. The van der Waals surface area contributed by atoms with Crippen molar-refractivity contribution >= 4 is 6.09 Å². The summed E-state index contributed by atoms with van der Waals surface area (Å²) in [7, 11) is 0. The minimum atomic E-state index is -0.185. The van der Waals surface area contributed by atoms with Gasteiger partial charge in [-0.1, -0.05) is 38.1 Å². The second-order valence-electron chi connectivity index (χ2n) is 5.31. The molecule has 1 heterocycles. The zero-order chi connectivity index (χ0) is 13.0. The van der Waals surface area contributed by atoms with E-state index in [1.807, 2.05) is 0 Å². The van der Waals surface area contributed by atoms with Crippen LogP contribution in [0.5, 0.6) is 0 Å². The second-order valence-corrected chi connectivity index (χ2v) is 5.31. The molecule has 0 N–H and O–H groups in total. The van der Waals surface area contributed by atoms with Crippen molar-refractivity contribution in [2.24, 2.45) is 5.92 Å². The van der Waals surface area contributed by atoms with E-state index in [4.69, 9.17) is 4.74 Å². The van der Waals surface area contributed by atoms with Crippen LogP contribution in [-0.2, 0) is 17.7 Å². The molecule has 98 valence electrons. The summed E-state index contributed by atoms with van der Waals surface area (Å²) in [4.78, 5) is 13.3. The standard InChI is InChI=1S/C15H21NO2/c1-12(2)9-13-5-3-6-14(10-13)11-16-7-4-8-18-15(16)17/h3,5-6,10,12H,4,7-9,11H2,1-2H3. The molecule has 0 unspecified atom stereocenters. The van der Waals surface area contributed by atoms with Crippen LogP contribution >= 0.6 is 0 Å². The van der Waals surface area contributed by atoms with Gasteiger partial charge in [0, 0.05) is 13.1 Å². The lowest BCUT2D eigenvalue weighted by atomic mass is 10.0. The lowest BCUT2D eigenvalue weighted by molar-refractivity contribution is 0.0700.